The zero-order chi connectivity index (χ0) is 20.1. The van der Waals surface area contributed by atoms with E-state index >= 15 is 0 Å². The van der Waals surface area contributed by atoms with E-state index in [1.54, 1.807) is 6.92 Å². The van der Waals surface area contributed by atoms with Crippen LogP contribution in [0.5, 0.6) is 0 Å². The second-order valence-electron chi connectivity index (χ2n) is 5.75. The molecule has 0 heterocycles. The Morgan fingerprint density at radius 2 is 1.81 bits per heavy atom. The van der Waals surface area contributed by atoms with E-state index in [0.29, 0.717) is 5.56 Å². The molecule has 1 amide bonds. The van der Waals surface area contributed by atoms with Gasteiger partial charge in [0.25, 0.3) is 11.6 Å². The van der Waals surface area contributed by atoms with Gasteiger partial charge < -0.3 is 10.1 Å². The first kappa shape index (κ1) is 20.3. The number of esters is 1. The van der Waals surface area contributed by atoms with Gasteiger partial charge in [0.05, 0.1) is 21.6 Å². The van der Waals surface area contributed by atoms with E-state index in [0.717, 1.165) is 12.1 Å². The van der Waals surface area contributed by atoms with Crippen molar-refractivity contribution in [1.29, 1.82) is 0 Å². The molecule has 2 aromatic carbocycles. The third-order valence-electron chi connectivity index (χ3n) is 3.76. The van der Waals surface area contributed by atoms with Gasteiger partial charge in [-0.05, 0) is 37.6 Å². The third kappa shape index (κ3) is 5.24. The van der Waals surface area contributed by atoms with E-state index < -0.39 is 34.8 Å². The van der Waals surface area contributed by atoms with Crippen LogP contribution in [0.3, 0.4) is 0 Å². The molecule has 0 aliphatic heterocycles. The molecule has 7 nitrogen and oxygen atoms in total. The molecule has 2 rings (SSSR count). The maximum Gasteiger partial charge on any atom is 0.340 e. The molecule has 0 aliphatic rings. The number of benzene rings is 2. The minimum Gasteiger partial charge on any atom is -0.449 e. The molecule has 9 heteroatoms. The molecule has 142 valence electrons. The average molecular weight is 395 g/mol. The number of ether oxygens (including phenoxy) is 1. The van der Waals surface area contributed by atoms with E-state index in [9.17, 15) is 24.1 Å². The first-order chi connectivity index (χ1) is 12.7. The predicted octanol–water partition coefficient (Wildman–Crippen LogP) is 3.81. The number of carbonyl (C=O) groups excluding carboxylic acids is 2. The van der Waals surface area contributed by atoms with Crippen molar-refractivity contribution in [2.45, 2.75) is 26.0 Å². The highest BCUT2D eigenvalue weighted by molar-refractivity contribution is 6.33. The van der Waals surface area contributed by atoms with Gasteiger partial charge >= 0.3 is 5.97 Å². The summed E-state index contributed by atoms with van der Waals surface area (Å²) in [4.78, 5) is 34.6. The van der Waals surface area contributed by atoms with Crippen LogP contribution in [-0.4, -0.2) is 22.9 Å². The van der Waals surface area contributed by atoms with Gasteiger partial charge in [-0.2, -0.15) is 0 Å². The van der Waals surface area contributed by atoms with Crippen molar-refractivity contribution >= 4 is 29.2 Å². The molecule has 27 heavy (non-hydrogen) atoms. The first-order valence-corrected chi connectivity index (χ1v) is 8.27. The molecule has 0 unspecified atom stereocenters. The molecule has 0 fully saturated rings. The topological polar surface area (TPSA) is 98.5 Å². The number of hydrogen-bond acceptors (Lipinski definition) is 5. The Labute approximate surface area is 159 Å². The van der Waals surface area contributed by atoms with Gasteiger partial charge in [0.15, 0.2) is 6.10 Å². The van der Waals surface area contributed by atoms with E-state index in [-0.39, 0.29) is 16.3 Å². The van der Waals surface area contributed by atoms with Gasteiger partial charge in [-0.3, -0.25) is 14.9 Å². The molecule has 0 aromatic heterocycles. The van der Waals surface area contributed by atoms with Crippen LogP contribution in [-0.2, 0) is 9.53 Å². The van der Waals surface area contributed by atoms with E-state index in [1.165, 1.54) is 37.3 Å². The van der Waals surface area contributed by atoms with E-state index in [1.807, 2.05) is 0 Å². The molecule has 0 saturated carbocycles. The quantitative estimate of drug-likeness (QED) is 0.456. The molecular weight excluding hydrogens is 379 g/mol. The van der Waals surface area contributed by atoms with Crippen LogP contribution in [0.1, 0.15) is 35.8 Å². The summed E-state index contributed by atoms with van der Waals surface area (Å²) in [6.45, 7) is 3.05. The molecule has 0 spiro atoms. The number of hydrogen-bond donors (Lipinski definition) is 1. The van der Waals surface area contributed by atoms with E-state index in [2.05, 4.69) is 5.32 Å². The lowest BCUT2D eigenvalue weighted by atomic mass is 10.1. The summed E-state index contributed by atoms with van der Waals surface area (Å²) in [5.41, 5.74) is 0.135. The highest BCUT2D eigenvalue weighted by Crippen LogP contribution is 2.23. The summed E-state index contributed by atoms with van der Waals surface area (Å²) in [7, 11) is 0. The molecule has 1 N–H and O–H groups in total. The van der Waals surface area contributed by atoms with Gasteiger partial charge in [0.2, 0.25) is 0 Å². The highest BCUT2D eigenvalue weighted by atomic mass is 35.5. The van der Waals surface area contributed by atoms with Crippen molar-refractivity contribution in [1.82, 2.24) is 5.32 Å². The molecule has 0 saturated heterocycles. The monoisotopic (exact) mass is 394 g/mol. The lowest BCUT2D eigenvalue weighted by molar-refractivity contribution is -0.384. The summed E-state index contributed by atoms with van der Waals surface area (Å²) in [5, 5.41) is 13.4. The zero-order valence-corrected chi connectivity index (χ0v) is 15.2. The number of carbonyl (C=O) groups is 2. The van der Waals surface area contributed by atoms with Crippen LogP contribution in [0.2, 0.25) is 5.02 Å². The zero-order valence-electron chi connectivity index (χ0n) is 14.4. The fourth-order valence-electron chi connectivity index (χ4n) is 2.23. The third-order valence-corrected chi connectivity index (χ3v) is 4.09. The van der Waals surface area contributed by atoms with Crippen LogP contribution in [0.4, 0.5) is 10.1 Å². The summed E-state index contributed by atoms with van der Waals surface area (Å²) >= 11 is 5.88. The van der Waals surface area contributed by atoms with Crippen molar-refractivity contribution in [2.24, 2.45) is 0 Å². The molecule has 0 aliphatic carbocycles. The second kappa shape index (κ2) is 8.59. The Morgan fingerprint density at radius 1 is 1.19 bits per heavy atom. The smallest absolute Gasteiger partial charge is 0.340 e. The van der Waals surface area contributed by atoms with Crippen molar-refractivity contribution in [3.8, 4) is 0 Å². The predicted molar refractivity (Wildman–Crippen MR) is 95.9 cm³/mol. The molecular formula is C18H16ClFN2O5. The van der Waals surface area contributed by atoms with Crippen molar-refractivity contribution in [2.75, 3.05) is 0 Å². The number of halogens is 2. The van der Waals surface area contributed by atoms with Gasteiger partial charge in [-0.15, -0.1) is 0 Å². The Morgan fingerprint density at radius 3 is 2.41 bits per heavy atom. The summed E-state index contributed by atoms with van der Waals surface area (Å²) in [5.74, 6) is -1.93. The fourth-order valence-corrected chi connectivity index (χ4v) is 2.42. The van der Waals surface area contributed by atoms with Crippen molar-refractivity contribution in [3.63, 3.8) is 0 Å². The summed E-state index contributed by atoms with van der Waals surface area (Å²) in [6, 6.07) is 8.49. The van der Waals surface area contributed by atoms with Crippen LogP contribution >= 0.6 is 11.6 Å². The maximum absolute atomic E-state index is 13.0. The number of amides is 1. The Kier molecular flexibility index (Phi) is 6.46. The van der Waals surface area contributed by atoms with Gasteiger partial charge in [-0.1, -0.05) is 23.7 Å². The van der Waals surface area contributed by atoms with Crippen LogP contribution in [0.15, 0.2) is 42.5 Å². The van der Waals surface area contributed by atoms with Crippen molar-refractivity contribution < 1.29 is 23.6 Å². The van der Waals surface area contributed by atoms with Gasteiger partial charge in [-0.25, -0.2) is 9.18 Å². The Balaban J connectivity index is 2.03. The number of nitro benzene ring substituents is 1. The minimum absolute atomic E-state index is 0.0297. The second-order valence-corrected chi connectivity index (χ2v) is 6.16. The first-order valence-electron chi connectivity index (χ1n) is 7.89. The Hall–Kier alpha value is -3.00. The highest BCUT2D eigenvalue weighted by Gasteiger charge is 2.23. The molecule has 0 radical (unpaired) electrons. The number of nitrogens with one attached hydrogen (secondary N) is 1. The average Bonchev–Trinajstić information content (AvgIpc) is 2.62. The lowest BCUT2D eigenvalue weighted by Gasteiger charge is -2.18. The normalized spacial score (nSPS) is 12.7. The summed E-state index contributed by atoms with van der Waals surface area (Å²) in [6.07, 6.45) is -1.17. The Bertz CT molecular complexity index is 873. The fraction of sp³-hybridized carbons (Fsp3) is 0.222. The van der Waals surface area contributed by atoms with Gasteiger partial charge in [0.1, 0.15) is 5.82 Å². The van der Waals surface area contributed by atoms with Crippen LogP contribution in [0, 0.1) is 15.9 Å². The van der Waals surface area contributed by atoms with Crippen LogP contribution < -0.4 is 5.32 Å². The maximum atomic E-state index is 13.0. The van der Waals surface area contributed by atoms with Crippen LogP contribution in [0.25, 0.3) is 0 Å². The van der Waals surface area contributed by atoms with Gasteiger partial charge in [0, 0.05) is 12.1 Å². The number of nitro groups is 1. The molecule has 2 aromatic rings. The van der Waals surface area contributed by atoms with E-state index in [4.69, 9.17) is 16.3 Å². The molecule has 2 atom stereocenters. The largest absolute Gasteiger partial charge is 0.449 e. The number of rotatable bonds is 6. The van der Waals surface area contributed by atoms with Crippen molar-refractivity contribution in [3.05, 3.63) is 74.5 Å². The summed E-state index contributed by atoms with van der Waals surface area (Å²) < 4.78 is 18.0. The lowest BCUT2D eigenvalue weighted by Crippen LogP contribution is -2.37. The minimum atomic E-state index is -1.17. The standard InChI is InChI=1S/C18H16ClFN2O5/c1-10(12-3-5-13(20)6-4-12)21-17(23)11(2)27-18(24)15-9-14(22(25)26)7-8-16(15)19/h3-11H,1-2H3,(H,21,23)/t10-,11-/m1/s1. The number of non-ortho nitro benzene ring substituents is 1. The number of nitrogens with zero attached hydrogens (tertiary/aromatic N) is 1. The SMILES string of the molecule is C[C@@H](OC(=O)c1cc([N+](=O)[O-])ccc1Cl)C(=O)N[C@H](C)c1ccc(F)cc1. The molecule has 0 bridgehead atoms.